The van der Waals surface area contributed by atoms with E-state index in [1.165, 1.54) is 0 Å². The number of hydrogen-bond acceptors (Lipinski definition) is 3. The van der Waals surface area contributed by atoms with Crippen molar-refractivity contribution in [1.29, 1.82) is 0 Å². The summed E-state index contributed by atoms with van der Waals surface area (Å²) in [4.78, 5) is 15.9. The summed E-state index contributed by atoms with van der Waals surface area (Å²) in [5.74, 6) is -0.289. The molecular formula is C15H16N2O2. The van der Waals surface area contributed by atoms with Crippen LogP contribution in [0.15, 0.2) is 54.7 Å². The molecule has 0 fully saturated rings. The lowest BCUT2D eigenvalue weighted by atomic mass is 10.0. The molecule has 2 atom stereocenters. The molecule has 1 amide bonds. The van der Waals surface area contributed by atoms with Crippen LogP contribution in [0.1, 0.15) is 29.1 Å². The monoisotopic (exact) mass is 256 g/mol. The number of nitrogens with zero attached hydrogens (tertiary/aromatic N) is 1. The molecule has 0 aliphatic heterocycles. The van der Waals surface area contributed by atoms with Gasteiger partial charge in [0.15, 0.2) is 0 Å². The Morgan fingerprint density at radius 3 is 2.47 bits per heavy atom. The van der Waals surface area contributed by atoms with Crippen molar-refractivity contribution in [1.82, 2.24) is 10.3 Å². The van der Waals surface area contributed by atoms with Crippen molar-refractivity contribution >= 4 is 5.91 Å². The van der Waals surface area contributed by atoms with Crippen molar-refractivity contribution in [2.45, 2.75) is 19.1 Å². The maximum atomic E-state index is 11.9. The zero-order valence-electron chi connectivity index (χ0n) is 10.7. The average Bonchev–Trinajstić information content (AvgIpc) is 2.48. The molecule has 0 radical (unpaired) electrons. The molecule has 0 bridgehead atoms. The molecular weight excluding hydrogens is 240 g/mol. The molecule has 1 aromatic heterocycles. The molecule has 0 spiro atoms. The molecule has 0 saturated heterocycles. The van der Waals surface area contributed by atoms with Crippen molar-refractivity contribution in [3.05, 3.63) is 66.0 Å². The maximum Gasteiger partial charge on any atom is 0.270 e. The lowest BCUT2D eigenvalue weighted by Gasteiger charge is -2.20. The summed E-state index contributed by atoms with van der Waals surface area (Å²) in [5, 5.41) is 12.9. The predicted octanol–water partition coefficient (Wildman–Crippen LogP) is 1.93. The van der Waals surface area contributed by atoms with E-state index in [0.717, 1.165) is 5.56 Å². The first-order chi connectivity index (χ1) is 9.18. The van der Waals surface area contributed by atoms with Gasteiger partial charge in [-0.2, -0.15) is 0 Å². The Bertz CT molecular complexity index is 528. The highest BCUT2D eigenvalue weighted by Gasteiger charge is 2.19. The summed E-state index contributed by atoms with van der Waals surface area (Å²) in [6.45, 7) is 1.76. The van der Waals surface area contributed by atoms with Crippen LogP contribution in [0.2, 0.25) is 0 Å². The van der Waals surface area contributed by atoms with Gasteiger partial charge >= 0.3 is 0 Å². The van der Waals surface area contributed by atoms with Crippen LogP contribution >= 0.6 is 0 Å². The van der Waals surface area contributed by atoms with Crippen LogP contribution in [-0.2, 0) is 0 Å². The summed E-state index contributed by atoms with van der Waals surface area (Å²) >= 11 is 0. The number of benzene rings is 1. The van der Waals surface area contributed by atoms with Crippen molar-refractivity contribution < 1.29 is 9.90 Å². The summed E-state index contributed by atoms with van der Waals surface area (Å²) in [6.07, 6.45) is 0.821. The minimum Gasteiger partial charge on any atom is -0.386 e. The molecule has 2 rings (SSSR count). The number of carbonyl (C=O) groups is 1. The van der Waals surface area contributed by atoms with Crippen LogP contribution in [0.3, 0.4) is 0 Å². The Labute approximate surface area is 112 Å². The average molecular weight is 256 g/mol. The van der Waals surface area contributed by atoms with Gasteiger partial charge in [0, 0.05) is 6.20 Å². The van der Waals surface area contributed by atoms with Crippen LogP contribution in [-0.4, -0.2) is 22.0 Å². The first-order valence-corrected chi connectivity index (χ1v) is 6.13. The molecule has 4 nitrogen and oxygen atoms in total. The van der Waals surface area contributed by atoms with Gasteiger partial charge in [-0.05, 0) is 24.6 Å². The van der Waals surface area contributed by atoms with Crippen LogP contribution in [0, 0.1) is 0 Å². The molecule has 2 unspecified atom stereocenters. The number of aliphatic hydroxyl groups excluding tert-OH is 1. The maximum absolute atomic E-state index is 11.9. The van der Waals surface area contributed by atoms with Crippen molar-refractivity contribution in [2.75, 3.05) is 0 Å². The van der Waals surface area contributed by atoms with Crippen LogP contribution in [0.4, 0.5) is 0 Å². The van der Waals surface area contributed by atoms with Crippen LogP contribution < -0.4 is 5.32 Å². The normalized spacial score (nSPS) is 13.6. The Kier molecular flexibility index (Phi) is 4.26. The first-order valence-electron chi connectivity index (χ1n) is 6.13. The van der Waals surface area contributed by atoms with Gasteiger partial charge in [-0.3, -0.25) is 9.78 Å². The summed E-state index contributed by atoms with van der Waals surface area (Å²) in [5.41, 5.74) is 1.12. The largest absolute Gasteiger partial charge is 0.386 e. The Balaban J connectivity index is 2.02. The van der Waals surface area contributed by atoms with E-state index >= 15 is 0 Å². The topological polar surface area (TPSA) is 62.2 Å². The van der Waals surface area contributed by atoms with Gasteiger partial charge in [0.1, 0.15) is 5.69 Å². The molecule has 19 heavy (non-hydrogen) atoms. The molecule has 2 aromatic rings. The van der Waals surface area contributed by atoms with Gasteiger partial charge in [-0.15, -0.1) is 0 Å². The number of aromatic nitrogens is 1. The summed E-state index contributed by atoms with van der Waals surface area (Å²) in [6, 6.07) is 14.0. The number of aliphatic hydroxyl groups is 1. The third-order valence-electron chi connectivity index (χ3n) is 2.87. The van der Waals surface area contributed by atoms with Crippen molar-refractivity contribution in [3.8, 4) is 0 Å². The van der Waals surface area contributed by atoms with Crippen molar-refractivity contribution in [2.24, 2.45) is 0 Å². The predicted molar refractivity (Wildman–Crippen MR) is 72.6 cm³/mol. The Morgan fingerprint density at radius 2 is 1.84 bits per heavy atom. The lowest BCUT2D eigenvalue weighted by Crippen LogP contribution is -2.37. The molecule has 1 aromatic carbocycles. The molecule has 0 saturated carbocycles. The van der Waals surface area contributed by atoms with Crippen LogP contribution in [0.5, 0.6) is 0 Å². The number of hydrogen-bond donors (Lipinski definition) is 2. The van der Waals surface area contributed by atoms with Gasteiger partial charge in [-0.1, -0.05) is 36.4 Å². The van der Waals surface area contributed by atoms with E-state index in [4.69, 9.17) is 0 Å². The van der Waals surface area contributed by atoms with Gasteiger partial charge in [0.2, 0.25) is 0 Å². The van der Waals surface area contributed by atoms with E-state index in [1.54, 1.807) is 31.3 Å². The Morgan fingerprint density at radius 1 is 1.16 bits per heavy atom. The van der Waals surface area contributed by atoms with E-state index in [1.807, 2.05) is 30.3 Å². The molecule has 1 heterocycles. The SMILES string of the molecule is CC(NC(=O)c1ccccn1)C(O)c1ccccc1. The minimum atomic E-state index is -0.742. The standard InChI is InChI=1S/C15H16N2O2/c1-11(14(18)12-7-3-2-4-8-12)17-15(19)13-9-5-6-10-16-13/h2-11,14,18H,1H3,(H,17,19). The number of pyridine rings is 1. The summed E-state index contributed by atoms with van der Waals surface area (Å²) < 4.78 is 0. The van der Waals surface area contributed by atoms with Crippen LogP contribution in [0.25, 0.3) is 0 Å². The molecule has 0 aliphatic carbocycles. The highest BCUT2D eigenvalue weighted by molar-refractivity contribution is 5.92. The fourth-order valence-electron chi connectivity index (χ4n) is 1.80. The number of nitrogens with one attached hydrogen (secondary N) is 1. The molecule has 2 N–H and O–H groups in total. The van der Waals surface area contributed by atoms with E-state index in [2.05, 4.69) is 10.3 Å². The van der Waals surface area contributed by atoms with Crippen molar-refractivity contribution in [3.63, 3.8) is 0 Å². The smallest absolute Gasteiger partial charge is 0.270 e. The quantitative estimate of drug-likeness (QED) is 0.878. The molecule has 4 heteroatoms. The fourth-order valence-corrected chi connectivity index (χ4v) is 1.80. The van der Waals surface area contributed by atoms with Gasteiger partial charge in [-0.25, -0.2) is 0 Å². The van der Waals surface area contributed by atoms with Gasteiger partial charge in [0.05, 0.1) is 12.1 Å². The highest BCUT2D eigenvalue weighted by Crippen LogP contribution is 2.16. The Hall–Kier alpha value is -2.20. The highest BCUT2D eigenvalue weighted by atomic mass is 16.3. The number of amides is 1. The minimum absolute atomic E-state index is 0.289. The second-order valence-electron chi connectivity index (χ2n) is 4.33. The van der Waals surface area contributed by atoms with Gasteiger partial charge < -0.3 is 10.4 Å². The zero-order chi connectivity index (χ0) is 13.7. The lowest BCUT2D eigenvalue weighted by molar-refractivity contribution is 0.0847. The molecule has 0 aliphatic rings. The second-order valence-corrected chi connectivity index (χ2v) is 4.33. The zero-order valence-corrected chi connectivity index (χ0v) is 10.7. The summed E-state index contributed by atoms with van der Waals surface area (Å²) in [7, 11) is 0. The second kappa shape index (κ2) is 6.11. The fraction of sp³-hybridized carbons (Fsp3) is 0.200. The third-order valence-corrected chi connectivity index (χ3v) is 2.87. The first kappa shape index (κ1) is 13.2. The number of rotatable bonds is 4. The van der Waals surface area contributed by atoms with E-state index in [9.17, 15) is 9.90 Å². The van der Waals surface area contributed by atoms with E-state index in [0.29, 0.717) is 5.69 Å². The molecule has 98 valence electrons. The van der Waals surface area contributed by atoms with Gasteiger partial charge in [0.25, 0.3) is 5.91 Å². The van der Waals surface area contributed by atoms with E-state index < -0.39 is 12.1 Å². The number of carbonyl (C=O) groups excluding carboxylic acids is 1. The van der Waals surface area contributed by atoms with E-state index in [-0.39, 0.29) is 5.91 Å². The third kappa shape index (κ3) is 3.39.